The lowest BCUT2D eigenvalue weighted by molar-refractivity contribution is 0.190. The van der Waals surface area contributed by atoms with Gasteiger partial charge in [0.1, 0.15) is 5.75 Å². The summed E-state index contributed by atoms with van der Waals surface area (Å²) in [4.78, 5) is 2.60. The largest absolute Gasteiger partial charge is 0.494 e. The minimum absolute atomic E-state index is 0.314. The van der Waals surface area contributed by atoms with Crippen LogP contribution in [0.25, 0.3) is 0 Å². The summed E-state index contributed by atoms with van der Waals surface area (Å²) in [5.41, 5.74) is 1.27. The number of rotatable bonds is 9. The van der Waals surface area contributed by atoms with Gasteiger partial charge >= 0.3 is 0 Å². The molecule has 0 bridgehead atoms. The maximum atomic E-state index is 5.80. The van der Waals surface area contributed by atoms with Crippen LogP contribution in [0.1, 0.15) is 45.2 Å². The molecule has 1 saturated carbocycles. The number of nitrogens with zero attached hydrogens (tertiary/aromatic N) is 1. The molecule has 1 aromatic rings. The Balaban J connectivity index is 2.10. The van der Waals surface area contributed by atoms with Gasteiger partial charge in [-0.3, -0.25) is 4.90 Å². The van der Waals surface area contributed by atoms with Crippen LogP contribution >= 0.6 is 0 Å². The molecular weight excluding hydrogens is 260 g/mol. The van der Waals surface area contributed by atoms with Crippen molar-refractivity contribution in [1.29, 1.82) is 0 Å². The minimum atomic E-state index is 0.314. The van der Waals surface area contributed by atoms with Crippen LogP contribution < -0.4 is 10.1 Å². The number of hydrogen-bond donors (Lipinski definition) is 1. The maximum absolute atomic E-state index is 5.80. The molecule has 21 heavy (non-hydrogen) atoms. The number of hydrogen-bond acceptors (Lipinski definition) is 3. The summed E-state index contributed by atoms with van der Waals surface area (Å²) in [5.74, 6) is 1.93. The van der Waals surface area contributed by atoms with Gasteiger partial charge in [-0.25, -0.2) is 0 Å². The third-order valence-corrected chi connectivity index (χ3v) is 4.28. The molecule has 1 fully saturated rings. The van der Waals surface area contributed by atoms with Crippen molar-refractivity contribution in [3.63, 3.8) is 0 Å². The van der Waals surface area contributed by atoms with Crippen molar-refractivity contribution in [2.75, 3.05) is 26.7 Å². The lowest BCUT2D eigenvalue weighted by Crippen LogP contribution is -2.39. The van der Waals surface area contributed by atoms with Crippen molar-refractivity contribution in [2.24, 2.45) is 5.92 Å². The molecule has 1 atom stereocenters. The van der Waals surface area contributed by atoms with E-state index in [0.717, 1.165) is 18.2 Å². The molecule has 1 N–H and O–H groups in total. The van der Waals surface area contributed by atoms with E-state index in [2.05, 4.69) is 42.3 Å². The number of ether oxygens (including phenoxy) is 1. The van der Waals surface area contributed by atoms with Gasteiger partial charge in [-0.1, -0.05) is 18.2 Å². The average molecular weight is 290 g/mol. The molecule has 0 heterocycles. The summed E-state index contributed by atoms with van der Waals surface area (Å²) in [6.45, 7) is 9.61. The highest BCUT2D eigenvalue weighted by molar-refractivity contribution is 5.36. The van der Waals surface area contributed by atoms with Crippen molar-refractivity contribution in [3.05, 3.63) is 29.8 Å². The van der Waals surface area contributed by atoms with Crippen LogP contribution in [-0.4, -0.2) is 37.7 Å². The first-order valence-corrected chi connectivity index (χ1v) is 8.28. The molecule has 118 valence electrons. The van der Waals surface area contributed by atoms with Gasteiger partial charge in [0.2, 0.25) is 0 Å². The van der Waals surface area contributed by atoms with Crippen molar-refractivity contribution < 1.29 is 4.74 Å². The topological polar surface area (TPSA) is 24.5 Å². The van der Waals surface area contributed by atoms with Crippen molar-refractivity contribution in [1.82, 2.24) is 10.2 Å². The van der Waals surface area contributed by atoms with Crippen LogP contribution in [0.15, 0.2) is 24.3 Å². The first-order valence-electron chi connectivity index (χ1n) is 8.28. The third-order valence-electron chi connectivity index (χ3n) is 4.28. The molecular formula is C18H30N2O. The molecule has 0 aliphatic heterocycles. The van der Waals surface area contributed by atoms with Gasteiger partial charge in [0, 0.05) is 30.7 Å². The zero-order valence-electron chi connectivity index (χ0n) is 13.9. The molecule has 0 saturated heterocycles. The van der Waals surface area contributed by atoms with E-state index >= 15 is 0 Å². The summed E-state index contributed by atoms with van der Waals surface area (Å²) >= 11 is 0. The van der Waals surface area contributed by atoms with Crippen LogP contribution in [0.4, 0.5) is 0 Å². The fraction of sp³-hybridized carbons (Fsp3) is 0.667. The highest BCUT2D eigenvalue weighted by atomic mass is 16.5. The van der Waals surface area contributed by atoms with E-state index in [0.29, 0.717) is 18.7 Å². The van der Waals surface area contributed by atoms with Gasteiger partial charge in [-0.2, -0.15) is 0 Å². The molecule has 0 aromatic heterocycles. The molecule has 3 heteroatoms. The van der Waals surface area contributed by atoms with Gasteiger partial charge in [0.05, 0.1) is 6.61 Å². The van der Waals surface area contributed by atoms with Crippen LogP contribution in [0, 0.1) is 5.92 Å². The van der Waals surface area contributed by atoms with Gasteiger partial charge in [0.25, 0.3) is 0 Å². The van der Waals surface area contributed by atoms with Gasteiger partial charge in [0.15, 0.2) is 0 Å². The van der Waals surface area contributed by atoms with Crippen molar-refractivity contribution in [2.45, 2.75) is 45.7 Å². The maximum Gasteiger partial charge on any atom is 0.124 e. The fourth-order valence-electron chi connectivity index (χ4n) is 2.76. The zero-order chi connectivity index (χ0) is 15.2. The van der Waals surface area contributed by atoms with Crippen molar-refractivity contribution in [3.8, 4) is 5.75 Å². The normalized spacial score (nSPS) is 16.5. The highest BCUT2D eigenvalue weighted by Crippen LogP contribution is 2.32. The standard InChI is InChI=1S/C18H30N2O/c1-5-21-18-9-7-6-8-16(18)17(19-4)13-20(14(2)3)12-15-10-11-15/h6-9,14-15,17,19H,5,10-13H2,1-4H3. The van der Waals surface area contributed by atoms with Crippen LogP contribution in [0.2, 0.25) is 0 Å². The quantitative estimate of drug-likeness (QED) is 0.753. The first kappa shape index (κ1) is 16.3. The number of para-hydroxylation sites is 1. The van der Waals surface area contributed by atoms with Crippen LogP contribution in [0.5, 0.6) is 5.75 Å². The van der Waals surface area contributed by atoms with Gasteiger partial charge in [-0.15, -0.1) is 0 Å². The SMILES string of the molecule is CCOc1ccccc1C(CN(CC1CC1)C(C)C)NC. The number of nitrogens with one attached hydrogen (secondary N) is 1. The molecule has 0 radical (unpaired) electrons. The second-order valence-corrected chi connectivity index (χ2v) is 6.30. The summed E-state index contributed by atoms with van der Waals surface area (Å²) < 4.78 is 5.80. The molecule has 1 aliphatic rings. The van der Waals surface area contributed by atoms with E-state index in [4.69, 9.17) is 4.74 Å². The predicted molar refractivity (Wildman–Crippen MR) is 88.8 cm³/mol. The van der Waals surface area contributed by atoms with E-state index < -0.39 is 0 Å². The Bertz CT molecular complexity index is 429. The molecule has 3 nitrogen and oxygen atoms in total. The highest BCUT2D eigenvalue weighted by Gasteiger charge is 2.27. The molecule has 0 spiro atoms. The van der Waals surface area contributed by atoms with E-state index in [9.17, 15) is 0 Å². The second-order valence-electron chi connectivity index (χ2n) is 6.30. The summed E-state index contributed by atoms with van der Waals surface area (Å²) in [7, 11) is 2.04. The fourth-order valence-corrected chi connectivity index (χ4v) is 2.76. The zero-order valence-corrected chi connectivity index (χ0v) is 13.9. The Morgan fingerprint density at radius 3 is 2.57 bits per heavy atom. The minimum Gasteiger partial charge on any atom is -0.494 e. The Labute approximate surface area is 129 Å². The third kappa shape index (κ3) is 4.72. The lowest BCUT2D eigenvalue weighted by atomic mass is 10.0. The molecule has 2 rings (SSSR count). The van der Waals surface area contributed by atoms with Crippen LogP contribution in [0.3, 0.4) is 0 Å². The van der Waals surface area contributed by atoms with E-state index in [1.54, 1.807) is 0 Å². The van der Waals surface area contributed by atoms with Gasteiger partial charge in [-0.05, 0) is 52.6 Å². The summed E-state index contributed by atoms with van der Waals surface area (Å²) in [6.07, 6.45) is 2.81. The Morgan fingerprint density at radius 2 is 2.00 bits per heavy atom. The first-order chi connectivity index (χ1) is 10.2. The average Bonchev–Trinajstić information content (AvgIpc) is 3.28. The summed E-state index contributed by atoms with van der Waals surface area (Å²) in [6, 6.07) is 9.30. The second kappa shape index (κ2) is 7.81. The predicted octanol–water partition coefficient (Wildman–Crippen LogP) is 3.47. The Kier molecular flexibility index (Phi) is 6.07. The Morgan fingerprint density at radius 1 is 1.29 bits per heavy atom. The van der Waals surface area contributed by atoms with Gasteiger partial charge < -0.3 is 10.1 Å². The van der Waals surface area contributed by atoms with Crippen LogP contribution in [-0.2, 0) is 0 Å². The van der Waals surface area contributed by atoms with Crippen molar-refractivity contribution >= 4 is 0 Å². The molecule has 1 aliphatic carbocycles. The number of benzene rings is 1. The Hall–Kier alpha value is -1.06. The summed E-state index contributed by atoms with van der Waals surface area (Å²) in [5, 5.41) is 3.47. The lowest BCUT2D eigenvalue weighted by Gasteiger charge is -2.31. The van der Waals surface area contributed by atoms with E-state index in [1.807, 2.05) is 20.0 Å². The van der Waals surface area contributed by atoms with E-state index in [1.165, 1.54) is 24.9 Å². The van der Waals surface area contributed by atoms with E-state index in [-0.39, 0.29) is 0 Å². The molecule has 1 unspecified atom stereocenters. The molecule has 1 aromatic carbocycles. The number of likely N-dealkylation sites (N-methyl/N-ethyl adjacent to an activating group) is 1. The monoisotopic (exact) mass is 290 g/mol. The molecule has 0 amide bonds. The smallest absolute Gasteiger partial charge is 0.124 e.